The molecule has 0 spiro atoms. The molecule has 0 unspecified atom stereocenters. The molecule has 29 heavy (non-hydrogen) atoms. The molecule has 0 atom stereocenters. The van der Waals surface area contributed by atoms with Gasteiger partial charge in [-0.1, -0.05) is 35.5 Å². The van der Waals surface area contributed by atoms with E-state index >= 15 is 0 Å². The molecule has 0 fully saturated rings. The molecule has 152 valence electrons. The van der Waals surface area contributed by atoms with E-state index < -0.39 is 11.7 Å². The first-order valence-electron chi connectivity index (χ1n) is 9.39. The molecular weight excluding hydrogens is 370 g/mol. The van der Waals surface area contributed by atoms with Crippen molar-refractivity contribution in [1.82, 2.24) is 20.4 Å². The van der Waals surface area contributed by atoms with Crippen LogP contribution in [-0.4, -0.2) is 39.9 Å². The zero-order valence-electron chi connectivity index (χ0n) is 17.0. The Bertz CT molecular complexity index is 964. The monoisotopic (exact) mass is 395 g/mol. The van der Waals surface area contributed by atoms with E-state index in [4.69, 9.17) is 9.26 Å². The van der Waals surface area contributed by atoms with Crippen molar-refractivity contribution in [2.24, 2.45) is 0 Å². The van der Waals surface area contributed by atoms with Gasteiger partial charge in [0.05, 0.1) is 11.3 Å². The Morgan fingerprint density at radius 3 is 2.62 bits per heavy atom. The molecule has 3 rings (SSSR count). The maximum Gasteiger partial charge on any atom is 0.407 e. The number of hydrogen-bond donors (Lipinski definition) is 2. The van der Waals surface area contributed by atoms with Gasteiger partial charge in [-0.3, -0.25) is 0 Å². The topological polar surface area (TPSA) is 102 Å². The molecule has 0 aliphatic carbocycles. The van der Waals surface area contributed by atoms with Gasteiger partial charge in [-0.25, -0.2) is 14.8 Å². The summed E-state index contributed by atoms with van der Waals surface area (Å²) >= 11 is 0. The fourth-order valence-electron chi connectivity index (χ4n) is 2.70. The Hall–Kier alpha value is -3.42. The minimum absolute atomic E-state index is 0.379. The van der Waals surface area contributed by atoms with Crippen LogP contribution in [0.15, 0.2) is 47.1 Å². The number of hydrogen-bond acceptors (Lipinski definition) is 7. The maximum atomic E-state index is 11.7. The van der Waals surface area contributed by atoms with Crippen LogP contribution in [-0.2, 0) is 4.74 Å². The van der Waals surface area contributed by atoms with Crippen LogP contribution in [0.5, 0.6) is 0 Å². The first kappa shape index (κ1) is 20.3. The summed E-state index contributed by atoms with van der Waals surface area (Å²) in [4.78, 5) is 20.5. The molecule has 2 aromatic heterocycles. The minimum atomic E-state index is -0.526. The summed E-state index contributed by atoms with van der Waals surface area (Å²) in [7, 11) is 0. The summed E-state index contributed by atoms with van der Waals surface area (Å²) in [5, 5.41) is 9.99. The number of carbonyl (C=O) groups excluding carboxylic acids is 1. The van der Waals surface area contributed by atoms with Gasteiger partial charge in [0.2, 0.25) is 5.95 Å². The van der Waals surface area contributed by atoms with Gasteiger partial charge in [0.1, 0.15) is 17.1 Å². The molecular formula is C21H25N5O3. The van der Waals surface area contributed by atoms with Crippen molar-refractivity contribution in [2.45, 2.75) is 33.3 Å². The van der Waals surface area contributed by atoms with E-state index in [9.17, 15) is 4.79 Å². The molecule has 0 saturated heterocycles. The van der Waals surface area contributed by atoms with Crippen LogP contribution in [0.25, 0.3) is 22.5 Å². The van der Waals surface area contributed by atoms with Crippen molar-refractivity contribution in [3.63, 3.8) is 0 Å². The molecule has 3 aromatic rings. The highest BCUT2D eigenvalue weighted by molar-refractivity contribution is 5.80. The summed E-state index contributed by atoms with van der Waals surface area (Å²) < 4.78 is 10.6. The van der Waals surface area contributed by atoms with Crippen molar-refractivity contribution in [3.05, 3.63) is 48.4 Å². The quantitative estimate of drug-likeness (QED) is 0.607. The fraction of sp³-hybridized carbons (Fsp3) is 0.333. The SMILES string of the molecule is Cc1onc(-c2ccccc2)c1-c1ccnc(NCCNC(=O)OC(C)(C)C)n1. The van der Waals surface area contributed by atoms with E-state index in [-0.39, 0.29) is 0 Å². The number of aromatic nitrogens is 3. The van der Waals surface area contributed by atoms with Gasteiger partial charge in [-0.15, -0.1) is 0 Å². The second kappa shape index (κ2) is 8.72. The number of anilines is 1. The molecule has 0 saturated carbocycles. The summed E-state index contributed by atoms with van der Waals surface area (Å²) in [5.74, 6) is 1.13. The highest BCUT2D eigenvalue weighted by Gasteiger charge is 2.18. The Balaban J connectivity index is 1.67. The first-order valence-corrected chi connectivity index (χ1v) is 9.39. The number of rotatable bonds is 6. The number of nitrogens with zero attached hydrogens (tertiary/aromatic N) is 3. The van der Waals surface area contributed by atoms with Crippen molar-refractivity contribution < 1.29 is 14.1 Å². The molecule has 0 aliphatic heterocycles. The standard InChI is InChI=1S/C21H25N5O3/c1-14-17(18(26-29-14)15-8-6-5-7-9-15)16-10-11-22-19(25-16)23-12-13-24-20(27)28-21(2,3)4/h5-11H,12-13H2,1-4H3,(H,24,27)(H,22,23,25). The van der Waals surface area contributed by atoms with Crippen LogP contribution < -0.4 is 10.6 Å². The molecule has 1 aromatic carbocycles. The third-order valence-corrected chi connectivity index (χ3v) is 3.90. The predicted molar refractivity (Wildman–Crippen MR) is 110 cm³/mol. The van der Waals surface area contributed by atoms with E-state index in [1.807, 2.05) is 64.1 Å². The minimum Gasteiger partial charge on any atom is -0.444 e. The van der Waals surface area contributed by atoms with E-state index in [0.29, 0.717) is 30.5 Å². The Kier molecular flexibility index (Phi) is 6.11. The molecule has 8 heteroatoms. The Morgan fingerprint density at radius 2 is 1.90 bits per heavy atom. The van der Waals surface area contributed by atoms with Gasteiger partial charge in [-0.05, 0) is 33.8 Å². The average molecular weight is 395 g/mol. The first-order chi connectivity index (χ1) is 13.8. The number of amides is 1. The summed E-state index contributed by atoms with van der Waals surface area (Å²) in [6.45, 7) is 8.15. The van der Waals surface area contributed by atoms with Crippen LogP contribution in [0.2, 0.25) is 0 Å². The molecule has 2 N–H and O–H groups in total. The molecule has 2 heterocycles. The lowest BCUT2D eigenvalue weighted by atomic mass is 10.0. The number of aryl methyl sites for hydroxylation is 1. The fourth-order valence-corrected chi connectivity index (χ4v) is 2.70. The zero-order valence-corrected chi connectivity index (χ0v) is 17.0. The number of carbonyl (C=O) groups is 1. The molecule has 1 amide bonds. The van der Waals surface area contributed by atoms with Crippen molar-refractivity contribution in [1.29, 1.82) is 0 Å². The van der Waals surface area contributed by atoms with Crippen molar-refractivity contribution in [2.75, 3.05) is 18.4 Å². The zero-order chi connectivity index (χ0) is 20.9. The highest BCUT2D eigenvalue weighted by Crippen LogP contribution is 2.33. The molecule has 0 bridgehead atoms. The highest BCUT2D eigenvalue weighted by atomic mass is 16.6. The van der Waals surface area contributed by atoms with Gasteiger partial charge in [0.15, 0.2) is 0 Å². The normalized spacial score (nSPS) is 11.2. The lowest BCUT2D eigenvalue weighted by Gasteiger charge is -2.19. The Morgan fingerprint density at radius 1 is 1.14 bits per heavy atom. The largest absolute Gasteiger partial charge is 0.444 e. The number of nitrogens with one attached hydrogen (secondary N) is 2. The number of benzene rings is 1. The average Bonchev–Trinajstić information content (AvgIpc) is 3.06. The lowest BCUT2D eigenvalue weighted by Crippen LogP contribution is -2.35. The second-order valence-corrected chi connectivity index (χ2v) is 7.45. The smallest absolute Gasteiger partial charge is 0.407 e. The van der Waals surface area contributed by atoms with Gasteiger partial charge in [-0.2, -0.15) is 0 Å². The lowest BCUT2D eigenvalue weighted by molar-refractivity contribution is 0.0530. The summed E-state index contributed by atoms with van der Waals surface area (Å²) in [6, 6.07) is 11.6. The van der Waals surface area contributed by atoms with Crippen LogP contribution in [0, 0.1) is 6.92 Å². The number of ether oxygens (including phenoxy) is 1. The summed E-state index contributed by atoms with van der Waals surface area (Å²) in [6.07, 6.45) is 1.22. The van der Waals surface area contributed by atoms with E-state index in [1.165, 1.54) is 0 Å². The van der Waals surface area contributed by atoms with Crippen LogP contribution in [0.3, 0.4) is 0 Å². The number of alkyl carbamates (subject to hydrolysis) is 1. The molecule has 8 nitrogen and oxygen atoms in total. The maximum absolute atomic E-state index is 11.7. The summed E-state index contributed by atoms with van der Waals surface area (Å²) in [5.41, 5.74) is 2.70. The van der Waals surface area contributed by atoms with E-state index in [1.54, 1.807) is 6.20 Å². The van der Waals surface area contributed by atoms with E-state index in [0.717, 1.165) is 16.8 Å². The third-order valence-electron chi connectivity index (χ3n) is 3.90. The van der Waals surface area contributed by atoms with Gasteiger partial charge < -0.3 is 19.9 Å². The van der Waals surface area contributed by atoms with Gasteiger partial charge in [0, 0.05) is 24.8 Å². The van der Waals surface area contributed by atoms with Crippen molar-refractivity contribution in [3.8, 4) is 22.5 Å². The third kappa shape index (κ3) is 5.54. The van der Waals surface area contributed by atoms with Gasteiger partial charge >= 0.3 is 6.09 Å². The van der Waals surface area contributed by atoms with Crippen LogP contribution in [0.1, 0.15) is 26.5 Å². The van der Waals surface area contributed by atoms with Crippen LogP contribution in [0.4, 0.5) is 10.7 Å². The van der Waals surface area contributed by atoms with Crippen LogP contribution >= 0.6 is 0 Å². The predicted octanol–water partition coefficient (Wildman–Crippen LogP) is 4.04. The van der Waals surface area contributed by atoms with Gasteiger partial charge in [0.25, 0.3) is 0 Å². The second-order valence-electron chi connectivity index (χ2n) is 7.45. The Labute approximate surface area is 169 Å². The van der Waals surface area contributed by atoms with E-state index in [2.05, 4.69) is 25.8 Å². The molecule has 0 aliphatic rings. The van der Waals surface area contributed by atoms with Crippen molar-refractivity contribution >= 4 is 12.0 Å². The molecule has 0 radical (unpaired) electrons.